The largest absolute Gasteiger partial charge is 0.497 e. The molecule has 1 N–H and O–H groups in total. The van der Waals surface area contributed by atoms with E-state index >= 15 is 0 Å². The zero-order chi connectivity index (χ0) is 16.3. The summed E-state index contributed by atoms with van der Waals surface area (Å²) in [6, 6.07) is 5.55. The molecule has 6 nitrogen and oxygen atoms in total. The fourth-order valence-corrected chi connectivity index (χ4v) is 2.53. The van der Waals surface area contributed by atoms with Gasteiger partial charge in [0.15, 0.2) is 0 Å². The van der Waals surface area contributed by atoms with Crippen LogP contribution in [0.25, 0.3) is 0 Å². The van der Waals surface area contributed by atoms with Gasteiger partial charge in [0, 0.05) is 19.7 Å². The van der Waals surface area contributed by atoms with Gasteiger partial charge in [-0.2, -0.15) is 0 Å². The van der Waals surface area contributed by atoms with Crippen LogP contribution >= 0.6 is 0 Å². The van der Waals surface area contributed by atoms with E-state index in [4.69, 9.17) is 14.6 Å². The third-order valence-corrected chi connectivity index (χ3v) is 3.88. The fourth-order valence-electron chi connectivity index (χ4n) is 2.53. The predicted molar refractivity (Wildman–Crippen MR) is 80.1 cm³/mol. The Labute approximate surface area is 129 Å². The quantitative estimate of drug-likeness (QED) is 0.890. The number of ether oxygens (including phenoxy) is 2. The summed E-state index contributed by atoms with van der Waals surface area (Å²) in [6.45, 7) is 2.08. The molecule has 1 aliphatic rings. The van der Waals surface area contributed by atoms with Crippen molar-refractivity contribution in [1.82, 2.24) is 4.90 Å². The maximum absolute atomic E-state index is 12.4. The van der Waals surface area contributed by atoms with E-state index in [1.165, 1.54) is 4.90 Å². The van der Waals surface area contributed by atoms with Crippen molar-refractivity contribution in [3.8, 4) is 11.5 Å². The van der Waals surface area contributed by atoms with Crippen LogP contribution in [0.5, 0.6) is 11.5 Å². The molecule has 0 radical (unpaired) electrons. The molecule has 0 bridgehead atoms. The molecule has 0 saturated carbocycles. The molecule has 0 fully saturated rings. The summed E-state index contributed by atoms with van der Waals surface area (Å²) >= 11 is 0. The Bertz CT molecular complexity index is 572. The lowest BCUT2D eigenvalue weighted by Gasteiger charge is -2.29. The first-order valence-corrected chi connectivity index (χ1v) is 7.20. The van der Waals surface area contributed by atoms with Gasteiger partial charge in [0.05, 0.1) is 18.9 Å². The van der Waals surface area contributed by atoms with Gasteiger partial charge in [-0.15, -0.1) is 0 Å². The molecule has 0 aliphatic carbocycles. The van der Waals surface area contributed by atoms with E-state index in [2.05, 4.69) is 0 Å². The molecular weight excluding hydrogens is 286 g/mol. The highest BCUT2D eigenvalue weighted by atomic mass is 16.5. The van der Waals surface area contributed by atoms with Crippen molar-refractivity contribution in [3.63, 3.8) is 0 Å². The van der Waals surface area contributed by atoms with Crippen molar-refractivity contribution < 1.29 is 24.2 Å². The maximum atomic E-state index is 12.4. The molecule has 1 heterocycles. The zero-order valence-electron chi connectivity index (χ0n) is 13.0. The third kappa shape index (κ3) is 3.50. The second kappa shape index (κ2) is 6.68. The number of carboxylic acid groups (broad SMARTS) is 1. The van der Waals surface area contributed by atoms with Crippen LogP contribution in [0.4, 0.5) is 0 Å². The fraction of sp³-hybridized carbons (Fsp3) is 0.500. The van der Waals surface area contributed by atoms with Crippen LogP contribution in [0, 0.1) is 11.8 Å². The molecule has 0 saturated heterocycles. The molecule has 1 amide bonds. The highest BCUT2D eigenvalue weighted by Gasteiger charge is 2.29. The number of carbonyl (C=O) groups excluding carboxylic acids is 1. The second-order valence-electron chi connectivity index (χ2n) is 5.64. The highest BCUT2D eigenvalue weighted by Crippen LogP contribution is 2.31. The first-order valence-electron chi connectivity index (χ1n) is 7.20. The van der Waals surface area contributed by atoms with Gasteiger partial charge < -0.3 is 19.5 Å². The monoisotopic (exact) mass is 307 g/mol. The number of benzene rings is 1. The Hall–Kier alpha value is -2.24. The SMILES string of the molecule is COc1ccc2c(c1)OC[C@@H](C(=O)N(C)C[C@H](C)C(=O)O)C2. The molecule has 22 heavy (non-hydrogen) atoms. The number of fused-ring (bicyclic) bond motifs is 1. The van der Waals surface area contributed by atoms with Crippen LogP contribution in [-0.4, -0.2) is 49.2 Å². The van der Waals surface area contributed by atoms with Gasteiger partial charge in [-0.05, 0) is 18.1 Å². The lowest BCUT2D eigenvalue weighted by molar-refractivity contribution is -0.143. The summed E-state index contributed by atoms with van der Waals surface area (Å²) < 4.78 is 10.8. The molecule has 0 unspecified atom stereocenters. The Kier molecular flexibility index (Phi) is 4.90. The van der Waals surface area contributed by atoms with E-state index in [0.29, 0.717) is 13.0 Å². The van der Waals surface area contributed by atoms with E-state index in [1.54, 1.807) is 21.1 Å². The average molecular weight is 307 g/mol. The van der Waals surface area contributed by atoms with Crippen LogP contribution in [0.15, 0.2) is 18.2 Å². The summed E-state index contributed by atoms with van der Waals surface area (Å²) in [4.78, 5) is 24.8. The summed E-state index contributed by atoms with van der Waals surface area (Å²) in [7, 11) is 3.22. The van der Waals surface area contributed by atoms with Crippen molar-refractivity contribution in [1.29, 1.82) is 0 Å². The minimum atomic E-state index is -0.906. The molecule has 2 rings (SSSR count). The number of nitrogens with zero attached hydrogens (tertiary/aromatic N) is 1. The van der Waals surface area contributed by atoms with Crippen LogP contribution < -0.4 is 9.47 Å². The summed E-state index contributed by atoms with van der Waals surface area (Å²) in [5.74, 6) is -0.408. The molecule has 6 heteroatoms. The normalized spacial score (nSPS) is 17.9. The molecule has 0 spiro atoms. The first-order chi connectivity index (χ1) is 10.4. The number of hydrogen-bond acceptors (Lipinski definition) is 4. The lowest BCUT2D eigenvalue weighted by atomic mass is 9.95. The van der Waals surface area contributed by atoms with Crippen LogP contribution in [0.1, 0.15) is 12.5 Å². The molecule has 1 aromatic carbocycles. The number of methoxy groups -OCH3 is 1. The molecule has 2 atom stereocenters. The third-order valence-electron chi connectivity index (χ3n) is 3.88. The van der Waals surface area contributed by atoms with E-state index in [1.807, 2.05) is 18.2 Å². The van der Waals surface area contributed by atoms with E-state index in [-0.39, 0.29) is 18.4 Å². The summed E-state index contributed by atoms with van der Waals surface area (Å²) in [5.41, 5.74) is 0.963. The van der Waals surface area contributed by atoms with Crippen LogP contribution in [-0.2, 0) is 16.0 Å². The van der Waals surface area contributed by atoms with E-state index < -0.39 is 11.9 Å². The molecular formula is C16H21NO5. The zero-order valence-corrected chi connectivity index (χ0v) is 13.0. The summed E-state index contributed by atoms with van der Waals surface area (Å²) in [5, 5.41) is 8.93. The van der Waals surface area contributed by atoms with Crippen LogP contribution in [0.3, 0.4) is 0 Å². The molecule has 1 aromatic rings. The minimum Gasteiger partial charge on any atom is -0.497 e. The molecule has 1 aliphatic heterocycles. The molecule has 0 aromatic heterocycles. The number of aliphatic carboxylic acids is 1. The minimum absolute atomic E-state index is 0.0884. The number of rotatable bonds is 5. The van der Waals surface area contributed by atoms with Gasteiger partial charge in [0.25, 0.3) is 0 Å². The standard InChI is InChI=1S/C16H21NO5/c1-10(16(19)20)8-17(2)15(18)12-6-11-4-5-13(21-3)7-14(11)22-9-12/h4-5,7,10,12H,6,8-9H2,1-3H3,(H,19,20)/t10-,12-/m0/s1. The maximum Gasteiger partial charge on any atom is 0.308 e. The van der Waals surface area contributed by atoms with Gasteiger partial charge in [-0.25, -0.2) is 0 Å². The average Bonchev–Trinajstić information content (AvgIpc) is 2.52. The van der Waals surface area contributed by atoms with E-state index in [0.717, 1.165) is 17.1 Å². The van der Waals surface area contributed by atoms with Gasteiger partial charge in [-0.1, -0.05) is 13.0 Å². The number of carbonyl (C=O) groups is 2. The van der Waals surface area contributed by atoms with Gasteiger partial charge in [-0.3, -0.25) is 9.59 Å². The van der Waals surface area contributed by atoms with Crippen LogP contribution in [0.2, 0.25) is 0 Å². The summed E-state index contributed by atoms with van der Waals surface area (Å²) in [6.07, 6.45) is 0.587. The highest BCUT2D eigenvalue weighted by molar-refractivity contribution is 5.80. The number of amides is 1. The van der Waals surface area contributed by atoms with Crippen molar-refractivity contribution in [2.75, 3.05) is 27.3 Å². The Morgan fingerprint density at radius 1 is 1.50 bits per heavy atom. The number of hydrogen-bond donors (Lipinski definition) is 1. The number of carboxylic acids is 1. The van der Waals surface area contributed by atoms with Gasteiger partial charge in [0.2, 0.25) is 5.91 Å². The Morgan fingerprint density at radius 3 is 2.86 bits per heavy atom. The smallest absolute Gasteiger partial charge is 0.308 e. The van der Waals surface area contributed by atoms with Crippen molar-refractivity contribution in [3.05, 3.63) is 23.8 Å². The Balaban J connectivity index is 2.02. The van der Waals surface area contributed by atoms with Crippen molar-refractivity contribution >= 4 is 11.9 Å². The van der Waals surface area contributed by atoms with Gasteiger partial charge in [0.1, 0.15) is 18.1 Å². The molecule has 120 valence electrons. The Morgan fingerprint density at radius 2 is 2.23 bits per heavy atom. The second-order valence-corrected chi connectivity index (χ2v) is 5.64. The predicted octanol–water partition coefficient (Wildman–Crippen LogP) is 1.43. The topological polar surface area (TPSA) is 76.1 Å². The van der Waals surface area contributed by atoms with Crippen molar-refractivity contribution in [2.24, 2.45) is 11.8 Å². The first kappa shape index (κ1) is 16.1. The van der Waals surface area contributed by atoms with Crippen molar-refractivity contribution in [2.45, 2.75) is 13.3 Å². The lowest BCUT2D eigenvalue weighted by Crippen LogP contribution is -2.41. The van der Waals surface area contributed by atoms with Gasteiger partial charge >= 0.3 is 5.97 Å². The van der Waals surface area contributed by atoms with E-state index in [9.17, 15) is 9.59 Å².